The quantitative estimate of drug-likeness (QED) is 0.858. The summed E-state index contributed by atoms with van der Waals surface area (Å²) in [7, 11) is 0. The van der Waals surface area contributed by atoms with Crippen LogP contribution >= 0.6 is 11.3 Å². The molecule has 2 aromatic heterocycles. The predicted molar refractivity (Wildman–Crippen MR) is 70.5 cm³/mol. The zero-order valence-corrected chi connectivity index (χ0v) is 10.8. The first kappa shape index (κ1) is 11.3. The molecule has 0 amide bonds. The van der Waals surface area contributed by atoms with E-state index in [1.54, 1.807) is 0 Å². The normalized spacial score (nSPS) is 11.7. The molecular weight excluding hydrogens is 216 g/mol. The molecule has 0 aliphatic heterocycles. The van der Waals surface area contributed by atoms with E-state index in [2.05, 4.69) is 38.3 Å². The van der Waals surface area contributed by atoms with E-state index in [1.807, 2.05) is 40.5 Å². The minimum atomic E-state index is 0.260. The van der Waals surface area contributed by atoms with Crippen LogP contribution in [0.1, 0.15) is 30.5 Å². The largest absolute Gasteiger partial charge is 0.321 e. The fourth-order valence-corrected chi connectivity index (χ4v) is 2.48. The van der Waals surface area contributed by atoms with Crippen LogP contribution in [0.15, 0.2) is 36.7 Å². The van der Waals surface area contributed by atoms with Crippen molar-refractivity contribution < 1.29 is 0 Å². The molecule has 1 N–H and O–H groups in total. The third-order valence-electron chi connectivity index (χ3n) is 2.44. The van der Waals surface area contributed by atoms with Gasteiger partial charge in [-0.15, -0.1) is 11.3 Å². The Hall–Kier alpha value is -1.22. The average molecular weight is 234 g/mol. The van der Waals surface area contributed by atoms with Gasteiger partial charge in [-0.3, -0.25) is 4.68 Å². The fourth-order valence-electron chi connectivity index (χ4n) is 1.49. The lowest BCUT2D eigenvalue weighted by molar-refractivity contribution is 0.604. The standard InChI is InChI=1S/C13H18N2S/c1-13(2,3)12-7-6-11(16-12)10-14-15-8-4-5-9-15/h4-9,14H,10H2,1-3H3. The predicted octanol–water partition coefficient (Wildman–Crippen LogP) is 3.59. The molecule has 2 nitrogen and oxygen atoms in total. The Morgan fingerprint density at radius 2 is 1.88 bits per heavy atom. The molecule has 0 aliphatic rings. The maximum absolute atomic E-state index is 3.33. The molecule has 0 aromatic carbocycles. The molecule has 2 heterocycles. The minimum absolute atomic E-state index is 0.260. The summed E-state index contributed by atoms with van der Waals surface area (Å²) in [5.41, 5.74) is 3.59. The summed E-state index contributed by atoms with van der Waals surface area (Å²) < 4.78 is 1.98. The van der Waals surface area contributed by atoms with Crippen LogP contribution in [0.2, 0.25) is 0 Å². The summed E-state index contributed by atoms with van der Waals surface area (Å²) in [6.45, 7) is 7.64. The van der Waals surface area contributed by atoms with Crippen LogP contribution in [0.3, 0.4) is 0 Å². The Balaban J connectivity index is 1.98. The molecule has 0 unspecified atom stereocenters. The molecule has 0 radical (unpaired) electrons. The van der Waals surface area contributed by atoms with Crippen molar-refractivity contribution in [2.45, 2.75) is 32.7 Å². The molecule has 0 aliphatic carbocycles. The highest BCUT2D eigenvalue weighted by atomic mass is 32.1. The van der Waals surface area contributed by atoms with Crippen molar-refractivity contribution in [2.24, 2.45) is 0 Å². The lowest BCUT2D eigenvalue weighted by Crippen LogP contribution is -2.11. The maximum Gasteiger partial charge on any atom is 0.0657 e. The highest BCUT2D eigenvalue weighted by Crippen LogP contribution is 2.29. The van der Waals surface area contributed by atoms with Crippen LogP contribution in [0.25, 0.3) is 0 Å². The highest BCUT2D eigenvalue weighted by molar-refractivity contribution is 7.12. The summed E-state index contributed by atoms with van der Waals surface area (Å²) in [5.74, 6) is 0. The lowest BCUT2D eigenvalue weighted by Gasteiger charge is -2.15. The summed E-state index contributed by atoms with van der Waals surface area (Å²) >= 11 is 1.89. The number of nitrogens with one attached hydrogen (secondary N) is 1. The number of nitrogens with zero attached hydrogens (tertiary/aromatic N) is 1. The van der Waals surface area contributed by atoms with E-state index in [4.69, 9.17) is 0 Å². The van der Waals surface area contributed by atoms with Crippen molar-refractivity contribution >= 4 is 11.3 Å². The van der Waals surface area contributed by atoms with Gasteiger partial charge in [-0.2, -0.15) is 0 Å². The third-order valence-corrected chi connectivity index (χ3v) is 3.95. The topological polar surface area (TPSA) is 17.0 Å². The van der Waals surface area contributed by atoms with E-state index >= 15 is 0 Å². The van der Waals surface area contributed by atoms with Gasteiger partial charge in [0.1, 0.15) is 0 Å². The number of aromatic nitrogens is 1. The van der Waals surface area contributed by atoms with E-state index in [-0.39, 0.29) is 5.41 Å². The van der Waals surface area contributed by atoms with Crippen molar-refractivity contribution in [1.29, 1.82) is 0 Å². The van der Waals surface area contributed by atoms with Crippen molar-refractivity contribution in [3.8, 4) is 0 Å². The Kier molecular flexibility index (Phi) is 3.06. The van der Waals surface area contributed by atoms with Gasteiger partial charge in [-0.05, 0) is 29.7 Å². The number of hydrogen-bond donors (Lipinski definition) is 1. The molecule has 16 heavy (non-hydrogen) atoms. The smallest absolute Gasteiger partial charge is 0.0657 e. The van der Waals surface area contributed by atoms with Gasteiger partial charge >= 0.3 is 0 Å². The summed E-state index contributed by atoms with van der Waals surface area (Å²) in [6, 6.07) is 8.48. The molecule has 2 rings (SSSR count). The first-order chi connectivity index (χ1) is 7.55. The molecule has 2 aromatic rings. The van der Waals surface area contributed by atoms with Gasteiger partial charge in [0.15, 0.2) is 0 Å². The van der Waals surface area contributed by atoms with Crippen molar-refractivity contribution in [3.63, 3.8) is 0 Å². The van der Waals surface area contributed by atoms with E-state index < -0.39 is 0 Å². The minimum Gasteiger partial charge on any atom is -0.321 e. The second kappa shape index (κ2) is 4.34. The molecular formula is C13H18N2S. The van der Waals surface area contributed by atoms with E-state index in [1.165, 1.54) is 9.75 Å². The average Bonchev–Trinajstić information content (AvgIpc) is 2.85. The van der Waals surface area contributed by atoms with Crippen LogP contribution in [-0.4, -0.2) is 4.68 Å². The number of thiophene rings is 1. The monoisotopic (exact) mass is 234 g/mol. The summed E-state index contributed by atoms with van der Waals surface area (Å²) in [4.78, 5) is 2.82. The Bertz CT molecular complexity index is 435. The van der Waals surface area contributed by atoms with Crippen LogP contribution in [0.5, 0.6) is 0 Å². The zero-order chi connectivity index (χ0) is 11.6. The van der Waals surface area contributed by atoms with Gasteiger partial charge < -0.3 is 5.43 Å². The van der Waals surface area contributed by atoms with Crippen molar-refractivity contribution in [3.05, 3.63) is 46.4 Å². The van der Waals surface area contributed by atoms with Gasteiger partial charge in [0.2, 0.25) is 0 Å². The van der Waals surface area contributed by atoms with Crippen molar-refractivity contribution in [2.75, 3.05) is 5.43 Å². The van der Waals surface area contributed by atoms with Crippen LogP contribution in [0, 0.1) is 0 Å². The molecule has 0 saturated heterocycles. The number of hydrogen-bond acceptors (Lipinski definition) is 2. The second-order valence-corrected chi connectivity index (χ2v) is 6.11. The Morgan fingerprint density at radius 1 is 1.19 bits per heavy atom. The molecule has 86 valence electrons. The molecule has 0 spiro atoms. The van der Waals surface area contributed by atoms with Crippen LogP contribution in [-0.2, 0) is 12.0 Å². The SMILES string of the molecule is CC(C)(C)c1ccc(CNn2cccc2)s1. The van der Waals surface area contributed by atoms with E-state index in [0.29, 0.717) is 0 Å². The van der Waals surface area contributed by atoms with E-state index in [0.717, 1.165) is 6.54 Å². The van der Waals surface area contributed by atoms with Crippen molar-refractivity contribution in [1.82, 2.24) is 4.68 Å². The second-order valence-electron chi connectivity index (χ2n) is 4.94. The van der Waals surface area contributed by atoms with Gasteiger partial charge in [0, 0.05) is 22.1 Å². The van der Waals surface area contributed by atoms with Crippen LogP contribution in [0.4, 0.5) is 0 Å². The molecule has 0 fully saturated rings. The molecule has 0 atom stereocenters. The van der Waals surface area contributed by atoms with Gasteiger partial charge in [0.25, 0.3) is 0 Å². The first-order valence-corrected chi connectivity index (χ1v) is 6.33. The van der Waals surface area contributed by atoms with Gasteiger partial charge in [0.05, 0.1) is 6.54 Å². The molecule has 3 heteroatoms. The fraction of sp³-hybridized carbons (Fsp3) is 0.385. The highest BCUT2D eigenvalue weighted by Gasteiger charge is 2.15. The third kappa shape index (κ3) is 2.67. The summed E-state index contributed by atoms with van der Waals surface area (Å²) in [6.07, 6.45) is 4.02. The Labute approximate surface area is 101 Å². The first-order valence-electron chi connectivity index (χ1n) is 5.52. The molecule has 0 saturated carbocycles. The van der Waals surface area contributed by atoms with Gasteiger partial charge in [-0.1, -0.05) is 20.8 Å². The zero-order valence-electron chi connectivity index (χ0n) is 10.0. The van der Waals surface area contributed by atoms with Gasteiger partial charge in [-0.25, -0.2) is 0 Å². The van der Waals surface area contributed by atoms with E-state index in [9.17, 15) is 0 Å². The molecule has 0 bridgehead atoms. The van der Waals surface area contributed by atoms with Crippen LogP contribution < -0.4 is 5.43 Å². The maximum atomic E-state index is 3.33. The lowest BCUT2D eigenvalue weighted by atomic mass is 9.95. The Morgan fingerprint density at radius 3 is 2.44 bits per heavy atom. The summed E-state index contributed by atoms with van der Waals surface area (Å²) in [5, 5.41) is 0. The number of rotatable bonds is 3.